The molecular formula is C14H26BrN3O. The van der Waals surface area contributed by atoms with Crippen molar-refractivity contribution in [3.8, 4) is 0 Å². The minimum absolute atomic E-state index is 0.444. The summed E-state index contributed by atoms with van der Waals surface area (Å²) in [5, 5.41) is 7.92. The van der Waals surface area contributed by atoms with Gasteiger partial charge in [0.2, 0.25) is 0 Å². The molecule has 0 radical (unpaired) electrons. The lowest BCUT2D eigenvalue weighted by Gasteiger charge is -2.23. The first-order chi connectivity index (χ1) is 8.97. The highest BCUT2D eigenvalue weighted by atomic mass is 79.9. The number of rotatable bonds is 8. The quantitative estimate of drug-likeness (QED) is 0.795. The summed E-state index contributed by atoms with van der Waals surface area (Å²) in [6, 6.07) is 0.525. The average Bonchev–Trinajstić information content (AvgIpc) is 2.73. The topological polar surface area (TPSA) is 39.1 Å². The summed E-state index contributed by atoms with van der Waals surface area (Å²) in [7, 11) is 1.72. The smallest absolute Gasteiger partial charge is 0.0658 e. The van der Waals surface area contributed by atoms with Crippen LogP contribution in [0.5, 0.6) is 0 Å². The van der Waals surface area contributed by atoms with Crippen molar-refractivity contribution in [2.45, 2.75) is 46.2 Å². The SMILES string of the molecule is COCCn1ncc(Br)c1C(C)C(C)CNC(C)C. The Morgan fingerprint density at radius 3 is 2.63 bits per heavy atom. The highest BCUT2D eigenvalue weighted by Gasteiger charge is 2.21. The van der Waals surface area contributed by atoms with Crippen LogP contribution in [-0.4, -0.2) is 36.1 Å². The van der Waals surface area contributed by atoms with E-state index in [-0.39, 0.29) is 0 Å². The maximum atomic E-state index is 5.14. The molecule has 1 heterocycles. The molecule has 0 aromatic carbocycles. The van der Waals surface area contributed by atoms with Crippen LogP contribution in [-0.2, 0) is 11.3 Å². The van der Waals surface area contributed by atoms with Crippen LogP contribution in [0.25, 0.3) is 0 Å². The standard InChI is InChI=1S/C14H26BrN3O/c1-10(2)16-8-11(3)12(4)14-13(15)9-17-18(14)6-7-19-5/h9-12,16H,6-8H2,1-5H3. The molecule has 0 fully saturated rings. The fourth-order valence-corrected chi connectivity index (χ4v) is 2.71. The Morgan fingerprint density at radius 2 is 2.05 bits per heavy atom. The molecule has 0 saturated carbocycles. The molecule has 19 heavy (non-hydrogen) atoms. The number of hydrogen-bond acceptors (Lipinski definition) is 3. The Kier molecular flexibility index (Phi) is 7.04. The summed E-state index contributed by atoms with van der Waals surface area (Å²) in [5.74, 6) is 0.997. The molecule has 4 nitrogen and oxygen atoms in total. The second kappa shape index (κ2) is 8.02. The molecule has 0 aliphatic carbocycles. The zero-order valence-corrected chi connectivity index (χ0v) is 14.2. The Hall–Kier alpha value is -0.390. The van der Waals surface area contributed by atoms with Crippen LogP contribution in [0.4, 0.5) is 0 Å². The van der Waals surface area contributed by atoms with E-state index in [9.17, 15) is 0 Å². The monoisotopic (exact) mass is 331 g/mol. The highest BCUT2D eigenvalue weighted by molar-refractivity contribution is 9.10. The number of nitrogens with one attached hydrogen (secondary N) is 1. The molecule has 0 spiro atoms. The molecule has 5 heteroatoms. The molecule has 1 aromatic rings. The number of ether oxygens (including phenoxy) is 1. The van der Waals surface area contributed by atoms with Crippen LogP contribution in [0.3, 0.4) is 0 Å². The Labute approximate surface area is 125 Å². The lowest BCUT2D eigenvalue weighted by atomic mass is 9.92. The van der Waals surface area contributed by atoms with Gasteiger partial charge in [-0.1, -0.05) is 27.7 Å². The molecule has 0 aliphatic heterocycles. The van der Waals surface area contributed by atoms with Crippen LogP contribution in [0, 0.1) is 5.92 Å². The Balaban J connectivity index is 2.74. The molecule has 1 aromatic heterocycles. The van der Waals surface area contributed by atoms with Crippen molar-refractivity contribution in [3.05, 3.63) is 16.4 Å². The average molecular weight is 332 g/mol. The van der Waals surface area contributed by atoms with Crippen LogP contribution in [0.15, 0.2) is 10.7 Å². The predicted octanol–water partition coefficient (Wildman–Crippen LogP) is 3.03. The minimum atomic E-state index is 0.444. The lowest BCUT2D eigenvalue weighted by Crippen LogP contribution is -2.30. The number of hydrogen-bond donors (Lipinski definition) is 1. The van der Waals surface area contributed by atoms with Crippen LogP contribution >= 0.6 is 15.9 Å². The highest BCUT2D eigenvalue weighted by Crippen LogP contribution is 2.30. The molecule has 2 unspecified atom stereocenters. The molecule has 1 rings (SSSR count). The summed E-state index contributed by atoms with van der Waals surface area (Å²) in [5.41, 5.74) is 1.26. The van der Waals surface area contributed by atoms with Gasteiger partial charge >= 0.3 is 0 Å². The fraction of sp³-hybridized carbons (Fsp3) is 0.786. The van der Waals surface area contributed by atoms with Gasteiger partial charge in [0.05, 0.1) is 29.5 Å². The first-order valence-electron chi connectivity index (χ1n) is 6.90. The molecule has 1 N–H and O–H groups in total. The van der Waals surface area contributed by atoms with Gasteiger partial charge in [0, 0.05) is 19.1 Å². The van der Waals surface area contributed by atoms with Gasteiger partial charge in [-0.25, -0.2) is 0 Å². The normalized spacial score (nSPS) is 14.9. The lowest BCUT2D eigenvalue weighted by molar-refractivity contribution is 0.181. The van der Waals surface area contributed by atoms with Gasteiger partial charge in [-0.15, -0.1) is 0 Å². The van der Waals surface area contributed by atoms with Gasteiger partial charge < -0.3 is 10.1 Å². The second-order valence-corrected chi connectivity index (χ2v) is 6.28. The first-order valence-corrected chi connectivity index (χ1v) is 7.70. The predicted molar refractivity (Wildman–Crippen MR) is 82.5 cm³/mol. The summed E-state index contributed by atoms with van der Waals surface area (Å²) >= 11 is 3.61. The van der Waals surface area contributed by atoms with Gasteiger partial charge in [0.25, 0.3) is 0 Å². The number of aromatic nitrogens is 2. The largest absolute Gasteiger partial charge is 0.383 e. The van der Waals surface area contributed by atoms with E-state index in [0.29, 0.717) is 24.5 Å². The third-order valence-corrected chi connectivity index (χ3v) is 4.08. The van der Waals surface area contributed by atoms with E-state index in [4.69, 9.17) is 4.74 Å². The molecule has 0 bridgehead atoms. The second-order valence-electron chi connectivity index (χ2n) is 5.42. The van der Waals surface area contributed by atoms with E-state index >= 15 is 0 Å². The molecule has 0 saturated heterocycles. The molecule has 0 aliphatic rings. The summed E-state index contributed by atoms with van der Waals surface area (Å²) in [4.78, 5) is 0. The third kappa shape index (κ3) is 4.89. The van der Waals surface area contributed by atoms with E-state index < -0.39 is 0 Å². The van der Waals surface area contributed by atoms with E-state index in [1.807, 2.05) is 10.9 Å². The van der Waals surface area contributed by atoms with Crippen molar-refractivity contribution < 1.29 is 4.74 Å². The van der Waals surface area contributed by atoms with Crippen molar-refractivity contribution in [2.24, 2.45) is 5.92 Å². The molecule has 0 amide bonds. The van der Waals surface area contributed by atoms with Gasteiger partial charge in [0.1, 0.15) is 0 Å². The van der Waals surface area contributed by atoms with Crippen LogP contribution in [0.2, 0.25) is 0 Å². The van der Waals surface area contributed by atoms with E-state index in [1.165, 1.54) is 5.69 Å². The van der Waals surface area contributed by atoms with Crippen LogP contribution in [0.1, 0.15) is 39.3 Å². The molecule has 110 valence electrons. The summed E-state index contributed by atoms with van der Waals surface area (Å²) in [6.07, 6.45) is 1.88. The zero-order chi connectivity index (χ0) is 14.4. The zero-order valence-electron chi connectivity index (χ0n) is 12.6. The number of methoxy groups -OCH3 is 1. The van der Waals surface area contributed by atoms with Crippen molar-refractivity contribution in [1.82, 2.24) is 15.1 Å². The molecule has 2 atom stereocenters. The number of halogens is 1. The number of nitrogens with zero attached hydrogens (tertiary/aromatic N) is 2. The summed E-state index contributed by atoms with van der Waals surface area (Å²) in [6.45, 7) is 11.4. The third-order valence-electron chi connectivity index (χ3n) is 3.47. The maximum absolute atomic E-state index is 5.14. The van der Waals surface area contributed by atoms with Gasteiger partial charge in [-0.2, -0.15) is 5.10 Å². The van der Waals surface area contributed by atoms with Gasteiger partial charge in [0.15, 0.2) is 0 Å². The minimum Gasteiger partial charge on any atom is -0.383 e. The first kappa shape index (κ1) is 16.7. The maximum Gasteiger partial charge on any atom is 0.0658 e. The fourth-order valence-electron chi connectivity index (χ4n) is 2.05. The van der Waals surface area contributed by atoms with Crippen molar-refractivity contribution in [2.75, 3.05) is 20.3 Å². The van der Waals surface area contributed by atoms with Crippen molar-refractivity contribution in [3.63, 3.8) is 0 Å². The van der Waals surface area contributed by atoms with Crippen molar-refractivity contribution >= 4 is 15.9 Å². The van der Waals surface area contributed by atoms with Crippen LogP contribution < -0.4 is 5.32 Å². The van der Waals surface area contributed by atoms with E-state index in [0.717, 1.165) is 17.6 Å². The van der Waals surface area contributed by atoms with E-state index in [1.54, 1.807) is 7.11 Å². The Morgan fingerprint density at radius 1 is 1.37 bits per heavy atom. The van der Waals surface area contributed by atoms with Gasteiger partial charge in [-0.3, -0.25) is 4.68 Å². The van der Waals surface area contributed by atoms with Gasteiger partial charge in [-0.05, 0) is 28.4 Å². The Bertz CT molecular complexity index is 379. The summed E-state index contributed by atoms with van der Waals surface area (Å²) < 4.78 is 8.28. The van der Waals surface area contributed by atoms with E-state index in [2.05, 4.69) is 54.0 Å². The molecular weight excluding hydrogens is 306 g/mol. The van der Waals surface area contributed by atoms with Crippen molar-refractivity contribution in [1.29, 1.82) is 0 Å².